The molecule has 0 aliphatic heterocycles. The molecule has 78 valence electrons. The van der Waals surface area contributed by atoms with E-state index < -0.39 is 30.3 Å². The van der Waals surface area contributed by atoms with Crippen LogP contribution in [0, 0.1) is 12.7 Å². The van der Waals surface area contributed by atoms with E-state index in [2.05, 4.69) is 0 Å². The van der Waals surface area contributed by atoms with Crippen molar-refractivity contribution in [2.45, 2.75) is 19.3 Å². The van der Waals surface area contributed by atoms with Gasteiger partial charge in [0.2, 0.25) is 0 Å². The lowest BCUT2D eigenvalue weighted by atomic mass is 10.0. The Balaban J connectivity index is 3.01. The third-order valence-corrected chi connectivity index (χ3v) is 2.02. The van der Waals surface area contributed by atoms with Gasteiger partial charge in [0.15, 0.2) is 0 Å². The minimum Gasteiger partial charge on any atom is -0.396 e. The van der Waals surface area contributed by atoms with Gasteiger partial charge in [0.1, 0.15) is 5.82 Å². The molecule has 14 heavy (non-hydrogen) atoms. The summed E-state index contributed by atoms with van der Waals surface area (Å²) in [7, 11) is 0. The predicted octanol–water partition coefficient (Wildman–Crippen LogP) is 2.61. The van der Waals surface area contributed by atoms with Crippen molar-refractivity contribution >= 4 is 0 Å². The van der Waals surface area contributed by atoms with Crippen LogP contribution in [0.25, 0.3) is 0 Å². The second-order valence-corrected chi connectivity index (χ2v) is 3.14. The van der Waals surface area contributed by atoms with Crippen molar-refractivity contribution in [2.24, 2.45) is 0 Å². The van der Waals surface area contributed by atoms with E-state index in [1.807, 2.05) is 0 Å². The van der Waals surface area contributed by atoms with Crippen LogP contribution in [0.4, 0.5) is 13.2 Å². The SMILES string of the molecule is Cc1ccc(C(F)(F)CCO)cc1F. The molecular weight excluding hydrogens is 193 g/mol. The Hall–Kier alpha value is -1.03. The summed E-state index contributed by atoms with van der Waals surface area (Å²) < 4.78 is 39.2. The van der Waals surface area contributed by atoms with Gasteiger partial charge in [-0.1, -0.05) is 12.1 Å². The third kappa shape index (κ3) is 2.26. The zero-order valence-electron chi connectivity index (χ0n) is 7.73. The number of hydrogen-bond acceptors (Lipinski definition) is 1. The number of halogens is 3. The van der Waals surface area contributed by atoms with E-state index in [1.54, 1.807) is 0 Å². The zero-order chi connectivity index (χ0) is 10.8. The van der Waals surface area contributed by atoms with E-state index in [9.17, 15) is 13.2 Å². The zero-order valence-corrected chi connectivity index (χ0v) is 7.73. The van der Waals surface area contributed by atoms with Crippen molar-refractivity contribution in [1.29, 1.82) is 0 Å². The fourth-order valence-electron chi connectivity index (χ4n) is 1.11. The van der Waals surface area contributed by atoms with Crippen molar-refractivity contribution in [3.63, 3.8) is 0 Å². The van der Waals surface area contributed by atoms with Gasteiger partial charge in [-0.3, -0.25) is 0 Å². The summed E-state index contributed by atoms with van der Waals surface area (Å²) in [4.78, 5) is 0. The Morgan fingerprint density at radius 2 is 2.00 bits per heavy atom. The van der Waals surface area contributed by atoms with Crippen LogP contribution in [0.5, 0.6) is 0 Å². The maximum absolute atomic E-state index is 13.1. The average Bonchev–Trinajstić information content (AvgIpc) is 2.09. The van der Waals surface area contributed by atoms with Gasteiger partial charge in [-0.25, -0.2) is 13.2 Å². The van der Waals surface area contributed by atoms with E-state index in [0.29, 0.717) is 5.56 Å². The van der Waals surface area contributed by atoms with Crippen LogP contribution >= 0.6 is 0 Å². The van der Waals surface area contributed by atoms with Crippen LogP contribution in [0.15, 0.2) is 18.2 Å². The fraction of sp³-hybridized carbons (Fsp3) is 0.400. The van der Waals surface area contributed by atoms with Crippen molar-refractivity contribution in [2.75, 3.05) is 6.61 Å². The van der Waals surface area contributed by atoms with E-state index in [0.717, 1.165) is 6.07 Å². The van der Waals surface area contributed by atoms with Crippen molar-refractivity contribution in [3.8, 4) is 0 Å². The molecule has 0 bridgehead atoms. The summed E-state index contributed by atoms with van der Waals surface area (Å²) >= 11 is 0. The lowest BCUT2D eigenvalue weighted by Crippen LogP contribution is -2.15. The molecule has 1 rings (SSSR count). The smallest absolute Gasteiger partial charge is 0.275 e. The summed E-state index contributed by atoms with van der Waals surface area (Å²) in [6.07, 6.45) is -0.685. The van der Waals surface area contributed by atoms with Gasteiger partial charge in [0.25, 0.3) is 5.92 Å². The van der Waals surface area contributed by atoms with Crippen LogP contribution in [0.1, 0.15) is 17.5 Å². The minimum atomic E-state index is -3.16. The van der Waals surface area contributed by atoms with Crippen LogP contribution in [0.3, 0.4) is 0 Å². The van der Waals surface area contributed by atoms with Crippen molar-refractivity contribution in [3.05, 3.63) is 35.1 Å². The molecule has 0 amide bonds. The number of hydrogen-bond donors (Lipinski definition) is 1. The Morgan fingerprint density at radius 3 is 2.50 bits per heavy atom. The van der Waals surface area contributed by atoms with E-state index >= 15 is 0 Å². The fourth-order valence-corrected chi connectivity index (χ4v) is 1.11. The van der Waals surface area contributed by atoms with Crippen LogP contribution < -0.4 is 0 Å². The molecule has 1 N–H and O–H groups in total. The summed E-state index contributed by atoms with van der Waals surface area (Å²) in [6, 6.07) is 3.29. The first-order valence-corrected chi connectivity index (χ1v) is 4.22. The Morgan fingerprint density at radius 1 is 1.36 bits per heavy atom. The summed E-state index contributed by atoms with van der Waals surface area (Å²) in [5.41, 5.74) is -0.0665. The molecule has 0 saturated heterocycles. The lowest BCUT2D eigenvalue weighted by Gasteiger charge is -2.15. The Labute approximate surface area is 80.2 Å². The van der Waals surface area contributed by atoms with Gasteiger partial charge >= 0.3 is 0 Å². The lowest BCUT2D eigenvalue weighted by molar-refractivity contribution is -0.0272. The number of aliphatic hydroxyl groups is 1. The Bertz CT molecular complexity index is 323. The first-order chi connectivity index (χ1) is 6.47. The molecule has 0 fully saturated rings. The standard InChI is InChI=1S/C10H11F3O/c1-7-2-3-8(6-9(7)11)10(12,13)4-5-14/h2-3,6,14H,4-5H2,1H3. The molecule has 1 aromatic rings. The van der Waals surface area contributed by atoms with Crippen LogP contribution in [-0.4, -0.2) is 11.7 Å². The van der Waals surface area contributed by atoms with Gasteiger partial charge in [-0.05, 0) is 18.6 Å². The molecule has 4 heteroatoms. The maximum Gasteiger partial charge on any atom is 0.275 e. The molecule has 1 aromatic carbocycles. The monoisotopic (exact) mass is 204 g/mol. The maximum atomic E-state index is 13.1. The highest BCUT2D eigenvalue weighted by Gasteiger charge is 2.31. The first kappa shape index (κ1) is 11.0. The highest BCUT2D eigenvalue weighted by atomic mass is 19.3. The van der Waals surface area contributed by atoms with Crippen molar-refractivity contribution in [1.82, 2.24) is 0 Å². The van der Waals surface area contributed by atoms with Gasteiger partial charge in [-0.2, -0.15) is 0 Å². The molecular formula is C10H11F3O. The van der Waals surface area contributed by atoms with E-state index in [4.69, 9.17) is 5.11 Å². The molecule has 0 aliphatic carbocycles. The number of benzene rings is 1. The van der Waals surface area contributed by atoms with Gasteiger partial charge in [0.05, 0.1) is 0 Å². The topological polar surface area (TPSA) is 20.2 Å². The highest BCUT2D eigenvalue weighted by Crippen LogP contribution is 2.31. The molecule has 0 spiro atoms. The molecule has 0 aromatic heterocycles. The molecule has 0 radical (unpaired) electrons. The number of aryl methyl sites for hydroxylation is 1. The number of rotatable bonds is 3. The second kappa shape index (κ2) is 4.00. The first-order valence-electron chi connectivity index (χ1n) is 4.22. The third-order valence-electron chi connectivity index (χ3n) is 2.02. The van der Waals surface area contributed by atoms with Gasteiger partial charge in [0, 0.05) is 18.6 Å². The summed E-state index contributed by atoms with van der Waals surface area (Å²) in [6.45, 7) is 0.881. The second-order valence-electron chi connectivity index (χ2n) is 3.14. The van der Waals surface area contributed by atoms with Crippen LogP contribution in [-0.2, 0) is 5.92 Å². The molecule has 0 aliphatic rings. The number of alkyl halides is 2. The van der Waals surface area contributed by atoms with Crippen LogP contribution in [0.2, 0.25) is 0 Å². The van der Waals surface area contributed by atoms with E-state index in [-0.39, 0.29) is 0 Å². The molecule has 0 saturated carbocycles. The molecule has 0 atom stereocenters. The van der Waals surface area contributed by atoms with Gasteiger partial charge in [-0.15, -0.1) is 0 Å². The summed E-state index contributed by atoms with van der Waals surface area (Å²) in [5.74, 6) is -3.82. The molecule has 0 unspecified atom stereocenters. The van der Waals surface area contributed by atoms with Gasteiger partial charge < -0.3 is 5.11 Å². The van der Waals surface area contributed by atoms with Crippen molar-refractivity contribution < 1.29 is 18.3 Å². The number of aliphatic hydroxyl groups excluding tert-OH is 1. The minimum absolute atomic E-state index is 0.327. The van der Waals surface area contributed by atoms with E-state index in [1.165, 1.54) is 19.1 Å². The normalized spacial score (nSPS) is 11.8. The molecule has 0 heterocycles. The highest BCUT2D eigenvalue weighted by molar-refractivity contribution is 5.26. The Kier molecular flexibility index (Phi) is 3.16. The quantitative estimate of drug-likeness (QED) is 0.802. The summed E-state index contributed by atoms with van der Waals surface area (Å²) in [5, 5.41) is 8.41. The average molecular weight is 204 g/mol. The largest absolute Gasteiger partial charge is 0.396 e. The molecule has 1 nitrogen and oxygen atoms in total. The predicted molar refractivity (Wildman–Crippen MR) is 46.7 cm³/mol.